The highest BCUT2D eigenvalue weighted by Crippen LogP contribution is 2.23. The van der Waals surface area contributed by atoms with Gasteiger partial charge in [-0.2, -0.15) is 0 Å². The van der Waals surface area contributed by atoms with Crippen LogP contribution in [0.1, 0.15) is 10.4 Å². The van der Waals surface area contributed by atoms with Gasteiger partial charge in [-0.1, -0.05) is 35.9 Å². The molecule has 2 aromatic rings. The number of nitrogens with zero attached hydrogens (tertiary/aromatic N) is 1. The van der Waals surface area contributed by atoms with Crippen LogP contribution in [0.3, 0.4) is 0 Å². The van der Waals surface area contributed by atoms with Crippen molar-refractivity contribution in [1.82, 2.24) is 4.31 Å². The van der Waals surface area contributed by atoms with E-state index in [0.29, 0.717) is 11.6 Å². The molecule has 0 radical (unpaired) electrons. The van der Waals surface area contributed by atoms with E-state index >= 15 is 0 Å². The van der Waals surface area contributed by atoms with Crippen molar-refractivity contribution >= 4 is 27.5 Å². The van der Waals surface area contributed by atoms with E-state index in [1.54, 1.807) is 30.3 Å². The van der Waals surface area contributed by atoms with Gasteiger partial charge in [0.1, 0.15) is 0 Å². The van der Waals surface area contributed by atoms with Crippen LogP contribution in [0.15, 0.2) is 59.5 Å². The first kappa shape index (κ1) is 16.0. The number of benzene rings is 2. The van der Waals surface area contributed by atoms with Gasteiger partial charge in [0.25, 0.3) is 15.9 Å². The normalized spacial score (nSPS) is 16.8. The van der Waals surface area contributed by atoms with Gasteiger partial charge in [0.2, 0.25) is 0 Å². The van der Waals surface area contributed by atoms with E-state index in [1.807, 2.05) is 0 Å². The number of hydrogen-bond acceptors (Lipinski definition) is 4. The second-order valence-electron chi connectivity index (χ2n) is 5.12. The molecular formula is C16H14ClNO4S. The maximum atomic E-state index is 12.8. The minimum absolute atomic E-state index is 0.0113. The van der Waals surface area contributed by atoms with E-state index in [2.05, 4.69) is 0 Å². The summed E-state index contributed by atoms with van der Waals surface area (Å²) in [5, 5.41) is 0.371. The predicted molar refractivity (Wildman–Crippen MR) is 85.9 cm³/mol. The molecule has 0 spiro atoms. The number of halogens is 1. The van der Waals surface area contributed by atoms with Crippen molar-refractivity contribution in [2.24, 2.45) is 0 Å². The molecule has 1 aliphatic heterocycles. The molecule has 3 rings (SSSR count). The zero-order valence-corrected chi connectivity index (χ0v) is 13.6. The molecule has 5 nitrogen and oxygen atoms in total. The fourth-order valence-corrected chi connectivity index (χ4v) is 3.77. The lowest BCUT2D eigenvalue weighted by atomic mass is 10.2. The average Bonchev–Trinajstić information content (AvgIpc) is 3.37. The molecule has 0 aromatic heterocycles. The van der Waals surface area contributed by atoms with Crippen LogP contribution in [0, 0.1) is 0 Å². The first-order chi connectivity index (χ1) is 11.0. The molecule has 2 aromatic carbocycles. The summed E-state index contributed by atoms with van der Waals surface area (Å²) in [6.07, 6.45) is -0.253. The Balaban J connectivity index is 1.99. The highest BCUT2D eigenvalue weighted by Gasteiger charge is 2.36. The van der Waals surface area contributed by atoms with Crippen LogP contribution in [-0.4, -0.2) is 37.9 Å². The molecular weight excluding hydrogens is 338 g/mol. The zero-order valence-electron chi connectivity index (χ0n) is 12.1. The fourth-order valence-electron chi connectivity index (χ4n) is 2.13. The summed E-state index contributed by atoms with van der Waals surface area (Å²) in [5.74, 6) is -0.619. The van der Waals surface area contributed by atoms with E-state index in [4.69, 9.17) is 16.3 Å². The Kier molecular flexibility index (Phi) is 4.39. The van der Waals surface area contributed by atoms with Crippen LogP contribution in [0.5, 0.6) is 0 Å². The molecule has 23 heavy (non-hydrogen) atoms. The number of carbonyl (C=O) groups is 1. The second-order valence-corrected chi connectivity index (χ2v) is 7.42. The van der Waals surface area contributed by atoms with Crippen molar-refractivity contribution in [1.29, 1.82) is 0 Å². The summed E-state index contributed by atoms with van der Waals surface area (Å²) in [7, 11) is -3.96. The van der Waals surface area contributed by atoms with E-state index in [1.165, 1.54) is 24.3 Å². The highest BCUT2D eigenvalue weighted by molar-refractivity contribution is 7.89. The van der Waals surface area contributed by atoms with Gasteiger partial charge in [-0.15, -0.1) is 0 Å². The standard InChI is InChI=1S/C16H14ClNO4S/c17-13-6-4-5-12(9-13)16(19)18(10-14-11-22-14)23(20,21)15-7-2-1-3-8-15/h1-9,14H,10-11H2. The van der Waals surface area contributed by atoms with E-state index < -0.39 is 15.9 Å². The maximum absolute atomic E-state index is 12.8. The van der Waals surface area contributed by atoms with Crippen molar-refractivity contribution in [2.75, 3.05) is 13.2 Å². The highest BCUT2D eigenvalue weighted by atomic mass is 35.5. The molecule has 1 unspecified atom stereocenters. The Labute approximate surface area is 139 Å². The Morgan fingerprint density at radius 2 is 1.87 bits per heavy atom. The van der Waals surface area contributed by atoms with Gasteiger partial charge in [0.15, 0.2) is 0 Å². The number of ether oxygens (including phenoxy) is 1. The summed E-state index contributed by atoms with van der Waals surface area (Å²) in [4.78, 5) is 12.8. The number of hydrogen-bond donors (Lipinski definition) is 0. The summed E-state index contributed by atoms with van der Waals surface area (Å²) >= 11 is 5.90. The SMILES string of the molecule is O=C(c1cccc(Cl)c1)N(CC1CO1)S(=O)(=O)c1ccccc1. The van der Waals surface area contributed by atoms with Crippen LogP contribution >= 0.6 is 11.6 Å². The number of amides is 1. The minimum atomic E-state index is -3.96. The smallest absolute Gasteiger partial charge is 0.267 e. The lowest BCUT2D eigenvalue weighted by Gasteiger charge is -2.22. The Hall–Kier alpha value is -1.89. The topological polar surface area (TPSA) is 67.0 Å². The zero-order chi connectivity index (χ0) is 16.4. The molecule has 0 bridgehead atoms. The number of epoxide rings is 1. The first-order valence-electron chi connectivity index (χ1n) is 6.98. The third kappa shape index (κ3) is 3.55. The molecule has 120 valence electrons. The molecule has 0 aliphatic carbocycles. The van der Waals surface area contributed by atoms with Gasteiger partial charge in [-0.25, -0.2) is 12.7 Å². The molecule has 1 aliphatic rings. The molecule has 0 saturated carbocycles. The van der Waals surface area contributed by atoms with Crippen LogP contribution in [-0.2, 0) is 14.8 Å². The maximum Gasteiger partial charge on any atom is 0.267 e. The van der Waals surface area contributed by atoms with E-state index in [-0.39, 0.29) is 23.1 Å². The van der Waals surface area contributed by atoms with Gasteiger partial charge in [-0.05, 0) is 30.3 Å². The van der Waals surface area contributed by atoms with Crippen LogP contribution in [0.2, 0.25) is 5.02 Å². The second kappa shape index (κ2) is 6.31. The van der Waals surface area contributed by atoms with Crippen LogP contribution < -0.4 is 0 Å². The van der Waals surface area contributed by atoms with Gasteiger partial charge in [0.05, 0.1) is 24.2 Å². The lowest BCUT2D eigenvalue weighted by Crippen LogP contribution is -2.39. The van der Waals surface area contributed by atoms with Crippen molar-refractivity contribution in [3.8, 4) is 0 Å². The first-order valence-corrected chi connectivity index (χ1v) is 8.79. The predicted octanol–water partition coefficient (Wildman–Crippen LogP) is 2.57. The molecule has 7 heteroatoms. The largest absolute Gasteiger partial charge is 0.371 e. The molecule has 1 heterocycles. The quantitative estimate of drug-likeness (QED) is 0.776. The van der Waals surface area contributed by atoms with Crippen LogP contribution in [0.4, 0.5) is 0 Å². The average molecular weight is 352 g/mol. The van der Waals surface area contributed by atoms with Crippen molar-refractivity contribution in [2.45, 2.75) is 11.0 Å². The Morgan fingerprint density at radius 3 is 2.48 bits per heavy atom. The number of carbonyl (C=O) groups excluding carboxylic acids is 1. The Bertz CT molecular complexity index is 819. The number of rotatable bonds is 5. The van der Waals surface area contributed by atoms with Gasteiger partial charge in [-0.3, -0.25) is 4.79 Å². The summed E-state index contributed by atoms with van der Waals surface area (Å²) in [6.45, 7) is 0.437. The van der Waals surface area contributed by atoms with Crippen molar-refractivity contribution < 1.29 is 17.9 Å². The molecule has 1 saturated heterocycles. The van der Waals surface area contributed by atoms with Crippen LogP contribution in [0.25, 0.3) is 0 Å². The summed E-state index contributed by atoms with van der Waals surface area (Å²) in [6, 6.07) is 14.1. The monoisotopic (exact) mass is 351 g/mol. The molecule has 1 fully saturated rings. The minimum Gasteiger partial charge on any atom is -0.371 e. The summed E-state index contributed by atoms with van der Waals surface area (Å²) < 4.78 is 31.6. The van der Waals surface area contributed by atoms with E-state index in [0.717, 1.165) is 4.31 Å². The lowest BCUT2D eigenvalue weighted by molar-refractivity contribution is 0.0854. The van der Waals surface area contributed by atoms with Crippen molar-refractivity contribution in [3.63, 3.8) is 0 Å². The third-order valence-corrected chi connectivity index (χ3v) is 5.40. The van der Waals surface area contributed by atoms with E-state index in [9.17, 15) is 13.2 Å². The third-order valence-electron chi connectivity index (χ3n) is 3.40. The fraction of sp³-hybridized carbons (Fsp3) is 0.188. The summed E-state index contributed by atoms with van der Waals surface area (Å²) in [5.41, 5.74) is 0.220. The molecule has 1 amide bonds. The van der Waals surface area contributed by atoms with Gasteiger partial charge < -0.3 is 4.74 Å². The Morgan fingerprint density at radius 1 is 1.17 bits per heavy atom. The van der Waals surface area contributed by atoms with Crippen molar-refractivity contribution in [3.05, 3.63) is 65.2 Å². The number of sulfonamides is 1. The van der Waals surface area contributed by atoms with Gasteiger partial charge in [0, 0.05) is 10.6 Å². The molecule has 1 atom stereocenters. The van der Waals surface area contributed by atoms with Gasteiger partial charge >= 0.3 is 0 Å². The molecule has 0 N–H and O–H groups in total.